The lowest BCUT2D eigenvalue weighted by molar-refractivity contribution is 0.0966. The summed E-state index contributed by atoms with van der Waals surface area (Å²) in [5.41, 5.74) is 8.90. The Bertz CT molecular complexity index is 1470. The van der Waals surface area contributed by atoms with Crippen molar-refractivity contribution in [3.8, 4) is 11.1 Å². The Balaban J connectivity index is 1.38. The summed E-state index contributed by atoms with van der Waals surface area (Å²) in [6.07, 6.45) is 4.91. The first-order valence-corrected chi connectivity index (χ1v) is 12.4. The van der Waals surface area contributed by atoms with Crippen LogP contribution in [0.2, 0.25) is 0 Å². The molecule has 5 heterocycles. The lowest BCUT2D eigenvalue weighted by Crippen LogP contribution is -2.16. The molecule has 184 valence electrons. The molecule has 0 unspecified atom stereocenters. The maximum atomic E-state index is 12.9. The molecule has 3 aromatic heterocycles. The van der Waals surface area contributed by atoms with Crippen LogP contribution in [0.15, 0.2) is 48.8 Å². The number of hydrogen-bond donors (Lipinski definition) is 2. The number of pyridine rings is 2. The van der Waals surface area contributed by atoms with Crippen LogP contribution in [0, 0.1) is 6.92 Å². The average molecular weight is 483 g/mol. The van der Waals surface area contributed by atoms with Gasteiger partial charge in [-0.05, 0) is 67.9 Å². The number of nitrogens with one attached hydrogen (secondary N) is 2. The molecule has 1 fully saturated rings. The smallest absolute Gasteiger partial charge is 0.254 e. The number of amides is 1. The van der Waals surface area contributed by atoms with Crippen molar-refractivity contribution in [2.45, 2.75) is 32.4 Å². The van der Waals surface area contributed by atoms with E-state index in [1.54, 1.807) is 0 Å². The van der Waals surface area contributed by atoms with Gasteiger partial charge in [0.1, 0.15) is 5.82 Å². The number of hydrogen-bond acceptors (Lipinski definition) is 6. The Labute approximate surface area is 210 Å². The van der Waals surface area contributed by atoms with Crippen LogP contribution in [0.25, 0.3) is 16.6 Å². The quantitative estimate of drug-likeness (QED) is 0.427. The van der Waals surface area contributed by atoms with Crippen molar-refractivity contribution in [2.75, 3.05) is 32.6 Å². The summed E-state index contributed by atoms with van der Waals surface area (Å²) in [5, 5.41) is 11.0. The second kappa shape index (κ2) is 9.04. The van der Waals surface area contributed by atoms with Crippen LogP contribution in [0.1, 0.15) is 45.1 Å². The number of carbonyl (C=O) groups excluding carboxylic acids is 1. The lowest BCUT2D eigenvalue weighted by Gasteiger charge is -2.19. The highest BCUT2D eigenvalue weighted by Crippen LogP contribution is 2.37. The third kappa shape index (κ3) is 4.02. The second-order valence-electron chi connectivity index (χ2n) is 9.95. The Morgan fingerprint density at radius 2 is 2.06 bits per heavy atom. The van der Waals surface area contributed by atoms with E-state index in [0.717, 1.165) is 71.1 Å². The SMILES string of the molecule is Cc1ccc2c(-c3ccc(Nc4ccc([C@@H]5CCOC5)c(CN(C)C)n4)c4c3CNC4=O)cnn2c1. The summed E-state index contributed by atoms with van der Waals surface area (Å²) >= 11 is 0. The van der Waals surface area contributed by atoms with Gasteiger partial charge in [-0.15, -0.1) is 0 Å². The number of anilines is 2. The molecule has 0 saturated carbocycles. The number of carbonyl (C=O) groups is 1. The number of aromatic nitrogens is 3. The molecule has 4 aromatic rings. The molecule has 0 radical (unpaired) electrons. The van der Waals surface area contributed by atoms with Crippen LogP contribution in [0.5, 0.6) is 0 Å². The molecule has 2 N–H and O–H groups in total. The highest BCUT2D eigenvalue weighted by atomic mass is 16.5. The molecular formula is C28H30N6O2. The standard InChI is InChI=1S/C28H30N6O2/c1-17-4-8-25-21(13-30-34(25)14-17)20-5-7-23(27-22(20)12-29-28(27)35)31-26-9-6-19(18-10-11-36-16-18)24(32-26)15-33(2)3/h4-9,13-14,18H,10-12,15-16H2,1-3H3,(H,29,35)(H,31,32)/t18-/m1/s1. The number of rotatable bonds is 6. The largest absolute Gasteiger partial charge is 0.381 e. The number of aryl methyl sites for hydroxylation is 1. The fraction of sp³-hybridized carbons (Fsp3) is 0.321. The zero-order chi connectivity index (χ0) is 24.8. The summed E-state index contributed by atoms with van der Waals surface area (Å²) in [5.74, 6) is 1.04. The first-order chi connectivity index (χ1) is 17.5. The summed E-state index contributed by atoms with van der Waals surface area (Å²) in [6.45, 7) is 4.82. The zero-order valence-electron chi connectivity index (χ0n) is 20.8. The lowest BCUT2D eigenvalue weighted by atomic mass is 9.95. The molecule has 8 heteroatoms. The van der Waals surface area contributed by atoms with Crippen molar-refractivity contribution in [2.24, 2.45) is 0 Å². The Hall–Kier alpha value is -3.75. The van der Waals surface area contributed by atoms with Crippen molar-refractivity contribution in [3.63, 3.8) is 0 Å². The van der Waals surface area contributed by atoms with Crippen molar-refractivity contribution < 1.29 is 9.53 Å². The van der Waals surface area contributed by atoms with E-state index in [2.05, 4.69) is 44.9 Å². The van der Waals surface area contributed by atoms with Gasteiger partial charge in [-0.2, -0.15) is 5.10 Å². The second-order valence-corrected chi connectivity index (χ2v) is 9.95. The Kier molecular flexibility index (Phi) is 5.70. The molecule has 6 rings (SSSR count). The first kappa shape index (κ1) is 22.7. The van der Waals surface area contributed by atoms with Gasteiger partial charge in [0.2, 0.25) is 0 Å². The van der Waals surface area contributed by atoms with Crippen LogP contribution in [-0.2, 0) is 17.8 Å². The molecule has 1 atom stereocenters. The zero-order valence-corrected chi connectivity index (χ0v) is 20.8. The highest BCUT2D eigenvalue weighted by Gasteiger charge is 2.28. The van der Waals surface area contributed by atoms with Crippen molar-refractivity contribution in [3.05, 3.63) is 76.7 Å². The van der Waals surface area contributed by atoms with Crippen LogP contribution in [0.3, 0.4) is 0 Å². The van der Waals surface area contributed by atoms with E-state index in [9.17, 15) is 4.79 Å². The predicted octanol–water partition coefficient (Wildman–Crippen LogP) is 4.26. The van der Waals surface area contributed by atoms with Gasteiger partial charge >= 0.3 is 0 Å². The molecule has 0 aliphatic carbocycles. The van der Waals surface area contributed by atoms with E-state index in [4.69, 9.17) is 9.72 Å². The number of ether oxygens (including phenoxy) is 1. The summed E-state index contributed by atoms with van der Waals surface area (Å²) in [4.78, 5) is 20.0. The normalized spacial score (nSPS) is 17.1. The van der Waals surface area contributed by atoms with E-state index in [0.29, 0.717) is 18.0 Å². The van der Waals surface area contributed by atoms with Crippen LogP contribution < -0.4 is 10.6 Å². The third-order valence-corrected chi connectivity index (χ3v) is 7.03. The van der Waals surface area contributed by atoms with Crippen molar-refractivity contribution in [1.82, 2.24) is 24.8 Å². The van der Waals surface area contributed by atoms with E-state index >= 15 is 0 Å². The van der Waals surface area contributed by atoms with Crippen LogP contribution in [0.4, 0.5) is 11.5 Å². The van der Waals surface area contributed by atoms with Gasteiger partial charge in [0, 0.05) is 37.4 Å². The minimum atomic E-state index is -0.0742. The van der Waals surface area contributed by atoms with Crippen LogP contribution >= 0.6 is 0 Å². The molecular weight excluding hydrogens is 452 g/mol. The highest BCUT2D eigenvalue weighted by molar-refractivity contribution is 6.06. The Morgan fingerprint density at radius 1 is 1.17 bits per heavy atom. The number of benzene rings is 1. The van der Waals surface area contributed by atoms with Gasteiger partial charge in [0.15, 0.2) is 0 Å². The van der Waals surface area contributed by atoms with E-state index in [1.807, 2.05) is 50.1 Å². The summed E-state index contributed by atoms with van der Waals surface area (Å²) in [6, 6.07) is 12.4. The molecule has 2 aliphatic heterocycles. The Morgan fingerprint density at radius 3 is 2.86 bits per heavy atom. The molecule has 36 heavy (non-hydrogen) atoms. The predicted molar refractivity (Wildman–Crippen MR) is 140 cm³/mol. The monoisotopic (exact) mass is 482 g/mol. The number of fused-ring (bicyclic) bond motifs is 2. The minimum absolute atomic E-state index is 0.0742. The van der Waals surface area contributed by atoms with E-state index < -0.39 is 0 Å². The summed E-state index contributed by atoms with van der Waals surface area (Å²) in [7, 11) is 4.10. The van der Waals surface area contributed by atoms with Gasteiger partial charge in [-0.3, -0.25) is 4.79 Å². The molecule has 1 saturated heterocycles. The van der Waals surface area contributed by atoms with Crippen molar-refractivity contribution in [1.29, 1.82) is 0 Å². The van der Waals surface area contributed by atoms with Gasteiger partial charge in [-0.25, -0.2) is 9.50 Å². The first-order valence-electron chi connectivity index (χ1n) is 12.4. The molecule has 0 bridgehead atoms. The van der Waals surface area contributed by atoms with Gasteiger partial charge in [-0.1, -0.05) is 18.2 Å². The molecule has 2 aliphatic rings. The van der Waals surface area contributed by atoms with Gasteiger partial charge in [0.05, 0.1) is 35.3 Å². The molecule has 1 amide bonds. The van der Waals surface area contributed by atoms with Gasteiger partial charge < -0.3 is 20.3 Å². The maximum Gasteiger partial charge on any atom is 0.254 e. The van der Waals surface area contributed by atoms with Gasteiger partial charge in [0.25, 0.3) is 5.91 Å². The molecule has 8 nitrogen and oxygen atoms in total. The minimum Gasteiger partial charge on any atom is -0.381 e. The third-order valence-electron chi connectivity index (χ3n) is 7.03. The van der Waals surface area contributed by atoms with E-state index in [-0.39, 0.29) is 5.91 Å². The fourth-order valence-corrected chi connectivity index (χ4v) is 5.30. The molecule has 1 aromatic carbocycles. The topological polar surface area (TPSA) is 83.8 Å². The molecule has 0 spiro atoms. The maximum absolute atomic E-state index is 12.9. The average Bonchev–Trinajstić information content (AvgIpc) is 3.60. The summed E-state index contributed by atoms with van der Waals surface area (Å²) < 4.78 is 7.52. The number of nitrogens with zero attached hydrogens (tertiary/aromatic N) is 4. The fourth-order valence-electron chi connectivity index (χ4n) is 5.30. The van der Waals surface area contributed by atoms with E-state index in [1.165, 1.54) is 5.56 Å². The van der Waals surface area contributed by atoms with Crippen molar-refractivity contribution >= 4 is 22.9 Å². The van der Waals surface area contributed by atoms with Crippen LogP contribution in [-0.4, -0.2) is 52.7 Å².